The van der Waals surface area contributed by atoms with E-state index in [2.05, 4.69) is 13.8 Å². The molecular weight excluding hydrogens is 212 g/mol. The lowest BCUT2D eigenvalue weighted by atomic mass is 10.1. The van der Waals surface area contributed by atoms with Crippen LogP contribution < -0.4 is 4.74 Å². The van der Waals surface area contributed by atoms with E-state index >= 15 is 0 Å². The molecule has 1 aromatic carbocycles. The van der Waals surface area contributed by atoms with Crippen LogP contribution in [0.2, 0.25) is 0 Å². The normalized spacial score (nSPS) is 14.4. The van der Waals surface area contributed by atoms with E-state index in [4.69, 9.17) is 4.74 Å². The Kier molecular flexibility index (Phi) is 5.49. The van der Waals surface area contributed by atoms with Crippen molar-refractivity contribution in [3.05, 3.63) is 29.3 Å². The van der Waals surface area contributed by atoms with Gasteiger partial charge < -0.3 is 9.84 Å². The molecule has 1 N–H and O–H groups in total. The zero-order valence-electron chi connectivity index (χ0n) is 11.4. The maximum absolute atomic E-state index is 9.72. The van der Waals surface area contributed by atoms with Gasteiger partial charge in [-0.2, -0.15) is 0 Å². The van der Waals surface area contributed by atoms with Crippen LogP contribution in [0.15, 0.2) is 18.2 Å². The first-order chi connectivity index (χ1) is 8.04. The SMILES string of the molecule is CCCC(C)COc1ccc(C)cc1[C@@H](C)O. The Bertz CT molecular complexity index is 345. The second-order valence-electron chi connectivity index (χ2n) is 4.92. The van der Waals surface area contributed by atoms with E-state index in [9.17, 15) is 5.11 Å². The van der Waals surface area contributed by atoms with Crippen molar-refractivity contribution in [1.29, 1.82) is 0 Å². The Morgan fingerprint density at radius 1 is 1.29 bits per heavy atom. The maximum Gasteiger partial charge on any atom is 0.125 e. The molecule has 0 heterocycles. The van der Waals surface area contributed by atoms with Gasteiger partial charge in [-0.1, -0.05) is 31.9 Å². The van der Waals surface area contributed by atoms with Gasteiger partial charge in [0, 0.05) is 5.56 Å². The van der Waals surface area contributed by atoms with E-state index in [0.717, 1.165) is 23.5 Å². The molecule has 0 aliphatic rings. The number of aliphatic hydroxyl groups excluding tert-OH is 1. The average molecular weight is 236 g/mol. The zero-order chi connectivity index (χ0) is 12.8. The van der Waals surface area contributed by atoms with Crippen molar-refractivity contribution in [2.24, 2.45) is 5.92 Å². The van der Waals surface area contributed by atoms with Crippen molar-refractivity contribution in [2.75, 3.05) is 6.61 Å². The first kappa shape index (κ1) is 14.0. The molecule has 0 fully saturated rings. The third-order valence-electron chi connectivity index (χ3n) is 2.92. The molecule has 0 aliphatic heterocycles. The Morgan fingerprint density at radius 2 is 2.00 bits per heavy atom. The van der Waals surface area contributed by atoms with E-state index in [1.807, 2.05) is 25.1 Å². The third-order valence-corrected chi connectivity index (χ3v) is 2.92. The molecule has 2 nitrogen and oxygen atoms in total. The summed E-state index contributed by atoms with van der Waals surface area (Å²) in [6.45, 7) is 8.90. The topological polar surface area (TPSA) is 29.5 Å². The highest BCUT2D eigenvalue weighted by molar-refractivity contribution is 5.38. The van der Waals surface area contributed by atoms with Crippen molar-refractivity contribution >= 4 is 0 Å². The van der Waals surface area contributed by atoms with Crippen LogP contribution in [0.4, 0.5) is 0 Å². The van der Waals surface area contributed by atoms with Gasteiger partial charge >= 0.3 is 0 Å². The van der Waals surface area contributed by atoms with Gasteiger partial charge in [0.25, 0.3) is 0 Å². The van der Waals surface area contributed by atoms with Crippen molar-refractivity contribution < 1.29 is 9.84 Å². The summed E-state index contributed by atoms with van der Waals surface area (Å²) >= 11 is 0. The van der Waals surface area contributed by atoms with Gasteiger partial charge in [-0.25, -0.2) is 0 Å². The van der Waals surface area contributed by atoms with Crippen molar-refractivity contribution in [1.82, 2.24) is 0 Å². The Morgan fingerprint density at radius 3 is 2.59 bits per heavy atom. The Balaban J connectivity index is 2.70. The lowest BCUT2D eigenvalue weighted by Gasteiger charge is -2.17. The zero-order valence-corrected chi connectivity index (χ0v) is 11.4. The highest BCUT2D eigenvalue weighted by Gasteiger charge is 2.10. The number of aryl methyl sites for hydroxylation is 1. The molecule has 2 atom stereocenters. The number of aliphatic hydroxyl groups is 1. The summed E-state index contributed by atoms with van der Waals surface area (Å²) in [5.41, 5.74) is 2.03. The molecule has 0 spiro atoms. The van der Waals surface area contributed by atoms with Gasteiger partial charge in [0.05, 0.1) is 12.7 Å². The summed E-state index contributed by atoms with van der Waals surface area (Å²) in [7, 11) is 0. The molecule has 0 amide bonds. The van der Waals surface area contributed by atoms with Crippen LogP contribution in [0, 0.1) is 12.8 Å². The van der Waals surface area contributed by atoms with Crippen LogP contribution in [0.5, 0.6) is 5.75 Å². The molecule has 0 aromatic heterocycles. The summed E-state index contributed by atoms with van der Waals surface area (Å²) in [6.07, 6.45) is 1.88. The number of ether oxygens (including phenoxy) is 1. The molecular formula is C15H24O2. The van der Waals surface area contributed by atoms with Gasteiger partial charge in [-0.05, 0) is 38.3 Å². The summed E-state index contributed by atoms with van der Waals surface area (Å²) in [6, 6.07) is 5.96. The molecule has 0 aliphatic carbocycles. The van der Waals surface area contributed by atoms with Crippen LogP contribution in [-0.2, 0) is 0 Å². The van der Waals surface area contributed by atoms with Gasteiger partial charge in [0.2, 0.25) is 0 Å². The predicted molar refractivity (Wildman–Crippen MR) is 71.4 cm³/mol. The van der Waals surface area contributed by atoms with Crippen molar-refractivity contribution in [3.8, 4) is 5.75 Å². The lowest BCUT2D eigenvalue weighted by molar-refractivity contribution is 0.186. The summed E-state index contributed by atoms with van der Waals surface area (Å²) in [4.78, 5) is 0. The first-order valence-corrected chi connectivity index (χ1v) is 6.46. The number of hydrogen-bond donors (Lipinski definition) is 1. The fourth-order valence-electron chi connectivity index (χ4n) is 1.93. The fraction of sp³-hybridized carbons (Fsp3) is 0.600. The summed E-state index contributed by atoms with van der Waals surface area (Å²) in [5, 5.41) is 9.72. The van der Waals surface area contributed by atoms with Crippen LogP contribution in [0.1, 0.15) is 50.8 Å². The second-order valence-corrected chi connectivity index (χ2v) is 4.92. The second kappa shape index (κ2) is 6.65. The molecule has 96 valence electrons. The molecule has 17 heavy (non-hydrogen) atoms. The minimum Gasteiger partial charge on any atom is -0.493 e. The van der Waals surface area contributed by atoms with Crippen LogP contribution >= 0.6 is 0 Å². The molecule has 1 rings (SSSR count). The third kappa shape index (κ3) is 4.39. The van der Waals surface area contributed by atoms with Gasteiger partial charge in [-0.15, -0.1) is 0 Å². The molecule has 0 saturated carbocycles. The first-order valence-electron chi connectivity index (χ1n) is 6.46. The number of benzene rings is 1. The number of rotatable bonds is 6. The Labute approximate surface area is 105 Å². The van der Waals surface area contributed by atoms with Gasteiger partial charge in [0.15, 0.2) is 0 Å². The molecule has 1 aromatic rings. The molecule has 0 bridgehead atoms. The van der Waals surface area contributed by atoms with E-state index in [-0.39, 0.29) is 0 Å². The minimum absolute atomic E-state index is 0.480. The fourth-order valence-corrected chi connectivity index (χ4v) is 1.93. The summed E-state index contributed by atoms with van der Waals surface area (Å²) < 4.78 is 5.81. The number of hydrogen-bond acceptors (Lipinski definition) is 2. The quantitative estimate of drug-likeness (QED) is 0.812. The van der Waals surface area contributed by atoms with Gasteiger partial charge in [-0.3, -0.25) is 0 Å². The van der Waals surface area contributed by atoms with E-state index < -0.39 is 6.10 Å². The molecule has 2 heteroatoms. The largest absolute Gasteiger partial charge is 0.493 e. The van der Waals surface area contributed by atoms with Crippen molar-refractivity contribution in [2.45, 2.75) is 46.6 Å². The smallest absolute Gasteiger partial charge is 0.125 e. The highest BCUT2D eigenvalue weighted by atomic mass is 16.5. The van der Waals surface area contributed by atoms with E-state index in [1.54, 1.807) is 6.92 Å². The monoisotopic (exact) mass is 236 g/mol. The van der Waals surface area contributed by atoms with Crippen molar-refractivity contribution in [3.63, 3.8) is 0 Å². The lowest BCUT2D eigenvalue weighted by Crippen LogP contribution is -2.10. The van der Waals surface area contributed by atoms with Crippen LogP contribution in [-0.4, -0.2) is 11.7 Å². The molecule has 1 unspecified atom stereocenters. The maximum atomic E-state index is 9.72. The highest BCUT2D eigenvalue weighted by Crippen LogP contribution is 2.26. The Hall–Kier alpha value is -1.02. The van der Waals surface area contributed by atoms with Crippen LogP contribution in [0.25, 0.3) is 0 Å². The predicted octanol–water partition coefficient (Wildman–Crippen LogP) is 3.86. The minimum atomic E-state index is -0.480. The van der Waals surface area contributed by atoms with E-state index in [1.165, 1.54) is 12.8 Å². The standard InChI is InChI=1S/C15H24O2/c1-5-6-12(3)10-17-15-8-7-11(2)9-14(15)13(4)16/h7-9,12-13,16H,5-6,10H2,1-4H3/t12?,13-/m1/s1. The molecule has 0 saturated heterocycles. The average Bonchev–Trinajstić information content (AvgIpc) is 2.27. The van der Waals surface area contributed by atoms with Crippen LogP contribution in [0.3, 0.4) is 0 Å². The summed E-state index contributed by atoms with van der Waals surface area (Å²) in [5.74, 6) is 1.37. The van der Waals surface area contributed by atoms with E-state index in [0.29, 0.717) is 5.92 Å². The molecule has 0 radical (unpaired) electrons. The van der Waals surface area contributed by atoms with Gasteiger partial charge in [0.1, 0.15) is 5.75 Å².